The van der Waals surface area contributed by atoms with Gasteiger partial charge in [-0.15, -0.1) is 11.8 Å². The van der Waals surface area contributed by atoms with Gasteiger partial charge in [-0.2, -0.15) is 0 Å². The van der Waals surface area contributed by atoms with E-state index in [1.54, 1.807) is 23.9 Å². The molecule has 0 heterocycles. The van der Waals surface area contributed by atoms with Crippen molar-refractivity contribution >= 4 is 11.8 Å². The molecular formula is C10H14O2S. The Balaban J connectivity index is 2.41. The van der Waals surface area contributed by atoms with Crippen molar-refractivity contribution in [3.8, 4) is 5.75 Å². The van der Waals surface area contributed by atoms with Crippen molar-refractivity contribution in [1.29, 1.82) is 0 Å². The van der Waals surface area contributed by atoms with E-state index in [0.29, 0.717) is 11.7 Å². The molecule has 0 aliphatic rings. The SMILES string of the molecule is CC(CO)CSc1ccc(O)cc1. The zero-order valence-electron chi connectivity index (χ0n) is 7.60. The van der Waals surface area contributed by atoms with Crippen LogP contribution in [-0.2, 0) is 0 Å². The quantitative estimate of drug-likeness (QED) is 0.728. The highest BCUT2D eigenvalue weighted by atomic mass is 32.2. The van der Waals surface area contributed by atoms with Crippen LogP contribution in [0.1, 0.15) is 6.92 Å². The van der Waals surface area contributed by atoms with Crippen LogP contribution in [0.5, 0.6) is 5.75 Å². The van der Waals surface area contributed by atoms with Crippen molar-refractivity contribution in [3.63, 3.8) is 0 Å². The van der Waals surface area contributed by atoms with Crippen LogP contribution in [0.25, 0.3) is 0 Å². The Bertz CT molecular complexity index is 246. The molecule has 1 atom stereocenters. The van der Waals surface area contributed by atoms with Crippen LogP contribution in [0.2, 0.25) is 0 Å². The highest BCUT2D eigenvalue weighted by molar-refractivity contribution is 7.99. The Hall–Kier alpha value is -0.670. The fraction of sp³-hybridized carbons (Fsp3) is 0.400. The van der Waals surface area contributed by atoms with Crippen molar-refractivity contribution in [1.82, 2.24) is 0 Å². The molecule has 0 spiro atoms. The van der Waals surface area contributed by atoms with Crippen LogP contribution in [0.4, 0.5) is 0 Å². The van der Waals surface area contributed by atoms with Crippen LogP contribution < -0.4 is 0 Å². The Morgan fingerprint density at radius 2 is 1.92 bits per heavy atom. The lowest BCUT2D eigenvalue weighted by molar-refractivity contribution is 0.250. The normalized spacial score (nSPS) is 12.8. The van der Waals surface area contributed by atoms with Crippen LogP contribution >= 0.6 is 11.8 Å². The summed E-state index contributed by atoms with van der Waals surface area (Å²) in [6.07, 6.45) is 0. The Labute approximate surface area is 82.6 Å². The monoisotopic (exact) mass is 198 g/mol. The summed E-state index contributed by atoms with van der Waals surface area (Å²) in [4.78, 5) is 1.12. The number of hydrogen-bond acceptors (Lipinski definition) is 3. The van der Waals surface area contributed by atoms with Gasteiger partial charge in [-0.05, 0) is 30.2 Å². The molecule has 0 radical (unpaired) electrons. The molecule has 0 amide bonds. The van der Waals surface area contributed by atoms with E-state index >= 15 is 0 Å². The average molecular weight is 198 g/mol. The first kappa shape index (κ1) is 10.4. The van der Waals surface area contributed by atoms with Crippen LogP contribution in [0.3, 0.4) is 0 Å². The number of rotatable bonds is 4. The summed E-state index contributed by atoms with van der Waals surface area (Å²) in [6.45, 7) is 2.23. The molecule has 1 aromatic carbocycles. The number of benzene rings is 1. The minimum atomic E-state index is 0.227. The van der Waals surface area contributed by atoms with E-state index in [2.05, 4.69) is 0 Å². The second-order valence-electron chi connectivity index (χ2n) is 3.09. The van der Waals surface area contributed by atoms with Gasteiger partial charge in [-0.25, -0.2) is 0 Å². The van der Waals surface area contributed by atoms with Gasteiger partial charge in [-0.1, -0.05) is 6.92 Å². The smallest absolute Gasteiger partial charge is 0.115 e. The third kappa shape index (κ3) is 3.70. The van der Waals surface area contributed by atoms with Gasteiger partial charge in [-0.3, -0.25) is 0 Å². The molecule has 0 fully saturated rings. The lowest BCUT2D eigenvalue weighted by atomic mass is 10.2. The van der Waals surface area contributed by atoms with Gasteiger partial charge in [0.25, 0.3) is 0 Å². The first-order valence-electron chi connectivity index (χ1n) is 4.25. The number of phenolic OH excluding ortho intramolecular Hbond substituents is 1. The molecule has 72 valence electrons. The van der Waals surface area contributed by atoms with Gasteiger partial charge in [0.1, 0.15) is 5.75 Å². The molecule has 0 aliphatic carbocycles. The second kappa shape index (κ2) is 5.14. The number of phenols is 1. The van der Waals surface area contributed by atoms with E-state index in [9.17, 15) is 0 Å². The number of hydrogen-bond donors (Lipinski definition) is 2. The lowest BCUT2D eigenvalue weighted by Crippen LogP contribution is -2.02. The first-order valence-corrected chi connectivity index (χ1v) is 5.23. The van der Waals surface area contributed by atoms with Crippen LogP contribution in [0.15, 0.2) is 29.2 Å². The van der Waals surface area contributed by atoms with E-state index in [4.69, 9.17) is 10.2 Å². The maximum Gasteiger partial charge on any atom is 0.115 e. The van der Waals surface area contributed by atoms with Gasteiger partial charge in [0.15, 0.2) is 0 Å². The Morgan fingerprint density at radius 1 is 1.31 bits per heavy atom. The maximum absolute atomic E-state index is 9.03. The Morgan fingerprint density at radius 3 is 2.46 bits per heavy atom. The summed E-state index contributed by atoms with van der Waals surface area (Å²) >= 11 is 1.69. The fourth-order valence-electron chi connectivity index (χ4n) is 0.834. The number of aliphatic hydroxyl groups excluding tert-OH is 1. The summed E-state index contributed by atoms with van der Waals surface area (Å²) in [7, 11) is 0. The largest absolute Gasteiger partial charge is 0.508 e. The van der Waals surface area contributed by atoms with E-state index in [0.717, 1.165) is 10.6 Å². The average Bonchev–Trinajstić information content (AvgIpc) is 2.16. The molecule has 1 unspecified atom stereocenters. The minimum absolute atomic E-state index is 0.227. The summed E-state index contributed by atoms with van der Waals surface area (Å²) in [5.41, 5.74) is 0. The minimum Gasteiger partial charge on any atom is -0.508 e. The summed E-state index contributed by atoms with van der Waals surface area (Å²) < 4.78 is 0. The fourth-order valence-corrected chi connectivity index (χ4v) is 1.74. The molecule has 0 aromatic heterocycles. The van der Waals surface area contributed by atoms with Crippen LogP contribution in [-0.4, -0.2) is 22.6 Å². The van der Waals surface area contributed by atoms with Crippen LogP contribution in [0, 0.1) is 5.92 Å². The van der Waals surface area contributed by atoms with E-state index in [1.165, 1.54) is 0 Å². The predicted molar refractivity (Wildman–Crippen MR) is 55.1 cm³/mol. The predicted octanol–water partition coefficient (Wildman–Crippen LogP) is 2.11. The van der Waals surface area contributed by atoms with Crippen molar-refractivity contribution < 1.29 is 10.2 Å². The third-order valence-corrected chi connectivity index (χ3v) is 3.02. The van der Waals surface area contributed by atoms with Crippen molar-refractivity contribution in [2.24, 2.45) is 5.92 Å². The molecule has 0 bridgehead atoms. The lowest BCUT2D eigenvalue weighted by Gasteiger charge is -2.06. The zero-order chi connectivity index (χ0) is 9.68. The van der Waals surface area contributed by atoms with Crippen molar-refractivity contribution in [2.45, 2.75) is 11.8 Å². The second-order valence-corrected chi connectivity index (χ2v) is 4.19. The van der Waals surface area contributed by atoms with Gasteiger partial charge in [0, 0.05) is 17.3 Å². The number of thioether (sulfide) groups is 1. The summed E-state index contributed by atoms with van der Waals surface area (Å²) in [5, 5.41) is 17.8. The van der Waals surface area contributed by atoms with Gasteiger partial charge in [0.2, 0.25) is 0 Å². The highest BCUT2D eigenvalue weighted by Gasteiger charge is 2.00. The molecule has 1 aromatic rings. The molecule has 0 aliphatic heterocycles. The van der Waals surface area contributed by atoms with E-state index in [1.807, 2.05) is 19.1 Å². The third-order valence-electron chi connectivity index (χ3n) is 1.68. The molecule has 13 heavy (non-hydrogen) atoms. The molecule has 2 nitrogen and oxygen atoms in total. The molecule has 1 rings (SSSR count). The summed E-state index contributed by atoms with van der Waals surface area (Å²) in [6, 6.07) is 7.10. The zero-order valence-corrected chi connectivity index (χ0v) is 8.42. The molecule has 3 heteroatoms. The molecule has 0 saturated heterocycles. The van der Waals surface area contributed by atoms with Crippen molar-refractivity contribution in [2.75, 3.05) is 12.4 Å². The van der Waals surface area contributed by atoms with Gasteiger partial charge in [0.05, 0.1) is 0 Å². The highest BCUT2D eigenvalue weighted by Crippen LogP contribution is 2.22. The summed E-state index contributed by atoms with van der Waals surface area (Å²) in [5.74, 6) is 1.51. The van der Waals surface area contributed by atoms with Gasteiger partial charge < -0.3 is 10.2 Å². The Kier molecular flexibility index (Phi) is 4.12. The number of aliphatic hydroxyl groups is 1. The molecule has 2 N–H and O–H groups in total. The van der Waals surface area contributed by atoms with Crippen molar-refractivity contribution in [3.05, 3.63) is 24.3 Å². The topological polar surface area (TPSA) is 40.5 Å². The van der Waals surface area contributed by atoms with E-state index in [-0.39, 0.29) is 6.61 Å². The molecular weight excluding hydrogens is 184 g/mol. The first-order chi connectivity index (χ1) is 6.22. The standard InChI is InChI=1S/C10H14O2S/c1-8(6-11)7-13-10-4-2-9(12)3-5-10/h2-5,8,11-12H,6-7H2,1H3. The maximum atomic E-state index is 9.03. The molecule has 0 saturated carbocycles. The number of aromatic hydroxyl groups is 1. The van der Waals surface area contributed by atoms with Gasteiger partial charge >= 0.3 is 0 Å². The van der Waals surface area contributed by atoms with E-state index < -0.39 is 0 Å².